The molecule has 1 saturated carbocycles. The van der Waals surface area contributed by atoms with Gasteiger partial charge in [0.25, 0.3) is 0 Å². The van der Waals surface area contributed by atoms with E-state index in [-0.39, 0.29) is 17.7 Å². The van der Waals surface area contributed by atoms with Crippen LogP contribution in [0.1, 0.15) is 25.7 Å². The number of piperazine rings is 1. The second kappa shape index (κ2) is 6.38. The summed E-state index contributed by atoms with van der Waals surface area (Å²) in [5.41, 5.74) is 1.11. The van der Waals surface area contributed by atoms with E-state index in [2.05, 4.69) is 9.80 Å². The minimum atomic E-state index is -0.249. The van der Waals surface area contributed by atoms with Gasteiger partial charge in [0.05, 0.1) is 12.7 Å². The fourth-order valence-electron chi connectivity index (χ4n) is 4.01. The average molecular weight is 320 g/mol. The van der Waals surface area contributed by atoms with Gasteiger partial charge < -0.3 is 14.4 Å². The standard InChI is InChI=1S/C18H25FN2O2/c19-15-3-5-16(6-4-15)21-11-9-20(10-12-21)13-17-14-22-18(23-17)7-1-2-8-18/h3-6,17H,1-2,7-14H2/t17-/m1/s1. The number of nitrogens with zero attached hydrogens (tertiary/aromatic N) is 2. The Hall–Kier alpha value is -1.17. The summed E-state index contributed by atoms with van der Waals surface area (Å²) in [6.45, 7) is 5.68. The van der Waals surface area contributed by atoms with Crippen molar-refractivity contribution in [3.8, 4) is 0 Å². The van der Waals surface area contributed by atoms with Crippen LogP contribution in [0.3, 0.4) is 0 Å². The summed E-state index contributed by atoms with van der Waals surface area (Å²) in [4.78, 5) is 4.78. The van der Waals surface area contributed by atoms with Crippen molar-refractivity contribution in [1.82, 2.24) is 4.90 Å². The maximum Gasteiger partial charge on any atom is 0.168 e. The maximum atomic E-state index is 13.0. The molecule has 0 amide bonds. The molecule has 1 aromatic carbocycles. The Bertz CT molecular complexity index is 522. The summed E-state index contributed by atoms with van der Waals surface area (Å²) in [6, 6.07) is 6.80. The summed E-state index contributed by atoms with van der Waals surface area (Å²) in [5.74, 6) is -0.424. The highest BCUT2D eigenvalue weighted by atomic mass is 19.1. The summed E-state index contributed by atoms with van der Waals surface area (Å²) in [6.07, 6.45) is 4.78. The maximum absolute atomic E-state index is 13.0. The molecule has 23 heavy (non-hydrogen) atoms. The zero-order valence-electron chi connectivity index (χ0n) is 13.5. The van der Waals surface area contributed by atoms with Crippen molar-refractivity contribution in [2.24, 2.45) is 0 Å². The minimum absolute atomic E-state index is 0.174. The Morgan fingerprint density at radius 3 is 2.43 bits per heavy atom. The molecule has 2 saturated heterocycles. The lowest BCUT2D eigenvalue weighted by Crippen LogP contribution is -2.49. The van der Waals surface area contributed by atoms with Gasteiger partial charge in [0.15, 0.2) is 5.79 Å². The Morgan fingerprint density at radius 1 is 1.04 bits per heavy atom. The van der Waals surface area contributed by atoms with Crippen LogP contribution in [-0.4, -0.2) is 56.1 Å². The molecule has 4 nitrogen and oxygen atoms in total. The smallest absolute Gasteiger partial charge is 0.168 e. The first-order valence-electron chi connectivity index (χ1n) is 8.77. The highest BCUT2D eigenvalue weighted by Gasteiger charge is 2.44. The van der Waals surface area contributed by atoms with Gasteiger partial charge in [-0.1, -0.05) is 0 Å². The first kappa shape index (κ1) is 15.4. The van der Waals surface area contributed by atoms with Crippen LogP contribution in [0.25, 0.3) is 0 Å². The number of hydrogen-bond acceptors (Lipinski definition) is 4. The molecule has 126 valence electrons. The van der Waals surface area contributed by atoms with Gasteiger partial charge in [-0.25, -0.2) is 4.39 Å². The van der Waals surface area contributed by atoms with Crippen LogP contribution in [0.15, 0.2) is 24.3 Å². The Morgan fingerprint density at radius 2 is 1.74 bits per heavy atom. The molecule has 4 rings (SSSR count). The molecule has 0 aromatic heterocycles. The Labute approximate surface area is 137 Å². The molecule has 1 spiro atoms. The molecule has 1 aliphatic carbocycles. The predicted octanol–water partition coefficient (Wildman–Crippen LogP) is 2.63. The zero-order chi connectivity index (χ0) is 15.7. The molecule has 0 N–H and O–H groups in total. The number of rotatable bonds is 3. The SMILES string of the molecule is Fc1ccc(N2CCN(C[C@@H]3COC4(CCCC4)O3)CC2)cc1. The van der Waals surface area contributed by atoms with Crippen molar-refractivity contribution in [3.05, 3.63) is 30.1 Å². The Kier molecular flexibility index (Phi) is 4.26. The molecule has 1 aromatic rings. The van der Waals surface area contributed by atoms with Gasteiger partial charge in [0.1, 0.15) is 5.82 Å². The molecule has 0 bridgehead atoms. The normalized spacial score (nSPS) is 27.9. The fraction of sp³-hybridized carbons (Fsp3) is 0.667. The van der Waals surface area contributed by atoms with E-state index in [9.17, 15) is 4.39 Å². The summed E-state index contributed by atoms with van der Waals surface area (Å²) in [7, 11) is 0. The van der Waals surface area contributed by atoms with Crippen molar-refractivity contribution in [3.63, 3.8) is 0 Å². The lowest BCUT2D eigenvalue weighted by Gasteiger charge is -2.37. The number of halogens is 1. The van der Waals surface area contributed by atoms with Crippen LogP contribution in [-0.2, 0) is 9.47 Å². The Balaban J connectivity index is 1.26. The third kappa shape index (κ3) is 3.37. The van der Waals surface area contributed by atoms with Gasteiger partial charge in [-0.2, -0.15) is 0 Å². The predicted molar refractivity (Wildman–Crippen MR) is 87.1 cm³/mol. The second-order valence-corrected chi connectivity index (χ2v) is 6.93. The van der Waals surface area contributed by atoms with Crippen molar-refractivity contribution in [1.29, 1.82) is 0 Å². The number of hydrogen-bond donors (Lipinski definition) is 0. The van der Waals surface area contributed by atoms with Gasteiger partial charge in [-0.05, 0) is 37.1 Å². The van der Waals surface area contributed by atoms with Crippen LogP contribution in [0.4, 0.5) is 10.1 Å². The molecule has 0 unspecified atom stereocenters. The fourth-order valence-corrected chi connectivity index (χ4v) is 4.01. The van der Waals surface area contributed by atoms with Crippen LogP contribution in [0.5, 0.6) is 0 Å². The molecule has 2 heterocycles. The van der Waals surface area contributed by atoms with Gasteiger partial charge in [-0.3, -0.25) is 4.90 Å². The van der Waals surface area contributed by atoms with Gasteiger partial charge in [-0.15, -0.1) is 0 Å². The topological polar surface area (TPSA) is 24.9 Å². The molecule has 1 atom stereocenters. The van der Waals surface area contributed by atoms with Crippen LogP contribution >= 0.6 is 0 Å². The van der Waals surface area contributed by atoms with Crippen molar-refractivity contribution in [2.75, 3.05) is 44.2 Å². The van der Waals surface area contributed by atoms with Gasteiger partial charge in [0, 0.05) is 51.3 Å². The van der Waals surface area contributed by atoms with Crippen molar-refractivity contribution < 1.29 is 13.9 Å². The lowest BCUT2D eigenvalue weighted by molar-refractivity contribution is -0.163. The quantitative estimate of drug-likeness (QED) is 0.855. The first-order chi connectivity index (χ1) is 11.2. The summed E-state index contributed by atoms with van der Waals surface area (Å²) < 4.78 is 25.2. The van der Waals surface area contributed by atoms with E-state index in [0.29, 0.717) is 0 Å². The van der Waals surface area contributed by atoms with Crippen LogP contribution in [0, 0.1) is 5.82 Å². The third-order valence-electron chi connectivity index (χ3n) is 5.30. The van der Waals surface area contributed by atoms with E-state index in [4.69, 9.17) is 9.47 Å². The zero-order valence-corrected chi connectivity index (χ0v) is 13.5. The first-order valence-corrected chi connectivity index (χ1v) is 8.77. The molecule has 3 fully saturated rings. The van der Waals surface area contributed by atoms with Gasteiger partial charge >= 0.3 is 0 Å². The molecule has 5 heteroatoms. The van der Waals surface area contributed by atoms with E-state index in [1.165, 1.54) is 25.0 Å². The average Bonchev–Trinajstić information content (AvgIpc) is 3.19. The van der Waals surface area contributed by atoms with Crippen molar-refractivity contribution >= 4 is 5.69 Å². The van der Waals surface area contributed by atoms with Gasteiger partial charge in [0.2, 0.25) is 0 Å². The number of benzene rings is 1. The monoisotopic (exact) mass is 320 g/mol. The van der Waals surface area contributed by atoms with E-state index in [1.807, 2.05) is 12.1 Å². The summed E-state index contributed by atoms with van der Waals surface area (Å²) in [5, 5.41) is 0. The molecule has 2 aliphatic heterocycles. The van der Waals surface area contributed by atoms with Crippen molar-refractivity contribution in [2.45, 2.75) is 37.6 Å². The second-order valence-electron chi connectivity index (χ2n) is 6.93. The largest absolute Gasteiger partial charge is 0.369 e. The van der Waals surface area contributed by atoms with Crippen LogP contribution < -0.4 is 4.90 Å². The highest BCUT2D eigenvalue weighted by Crippen LogP contribution is 2.39. The third-order valence-corrected chi connectivity index (χ3v) is 5.30. The highest BCUT2D eigenvalue weighted by molar-refractivity contribution is 5.46. The number of ether oxygens (including phenoxy) is 2. The molecule has 0 radical (unpaired) electrons. The van der Waals surface area contributed by atoms with E-state index in [1.54, 1.807) is 0 Å². The summed E-state index contributed by atoms with van der Waals surface area (Å²) >= 11 is 0. The molecular weight excluding hydrogens is 295 g/mol. The molecule has 3 aliphatic rings. The molecular formula is C18H25FN2O2. The lowest BCUT2D eigenvalue weighted by atomic mass is 10.2. The van der Waals surface area contributed by atoms with E-state index in [0.717, 1.165) is 57.9 Å². The van der Waals surface area contributed by atoms with E-state index >= 15 is 0 Å². The number of anilines is 1. The van der Waals surface area contributed by atoms with E-state index < -0.39 is 0 Å². The van der Waals surface area contributed by atoms with Crippen LogP contribution in [0.2, 0.25) is 0 Å². The minimum Gasteiger partial charge on any atom is -0.369 e.